The molecule has 0 unspecified atom stereocenters. The van der Waals surface area contributed by atoms with E-state index in [0.29, 0.717) is 0 Å². The molecule has 2 aromatic carbocycles. The highest BCUT2D eigenvalue weighted by Gasteiger charge is 2.17. The fourth-order valence-corrected chi connectivity index (χ4v) is 6.74. The Balaban J connectivity index is 1.56. The molecule has 0 spiro atoms. The van der Waals surface area contributed by atoms with Gasteiger partial charge in [-0.2, -0.15) is 5.26 Å². The molecule has 0 aliphatic carbocycles. The molecule has 0 aliphatic rings. The topological polar surface area (TPSA) is 82.8 Å². The van der Waals surface area contributed by atoms with Crippen molar-refractivity contribution in [2.45, 2.75) is 65.2 Å². The normalized spacial score (nSPS) is 11.2. The van der Waals surface area contributed by atoms with Crippen molar-refractivity contribution in [3.8, 4) is 27.3 Å². The van der Waals surface area contributed by atoms with Crippen LogP contribution in [0.25, 0.3) is 15.8 Å². The summed E-state index contributed by atoms with van der Waals surface area (Å²) < 4.78 is 12.0. The van der Waals surface area contributed by atoms with Gasteiger partial charge in [0.25, 0.3) is 0 Å². The summed E-state index contributed by atoms with van der Waals surface area (Å²) in [5.41, 5.74) is 1.75. The molecule has 0 saturated carbocycles. The summed E-state index contributed by atoms with van der Waals surface area (Å²) in [6.07, 6.45) is 10.8. The van der Waals surface area contributed by atoms with E-state index in [-0.39, 0.29) is 5.57 Å². The second kappa shape index (κ2) is 17.3. The number of ether oxygens (including phenoxy) is 2. The fraction of sp³-hybridized carbons (Fsp3) is 0.333. The highest BCUT2D eigenvalue weighted by atomic mass is 32.1. The van der Waals surface area contributed by atoms with Crippen molar-refractivity contribution in [1.82, 2.24) is 0 Å². The lowest BCUT2D eigenvalue weighted by molar-refractivity contribution is -0.132. The molecule has 0 bridgehead atoms. The molecule has 1 N–H and O–H groups in total. The van der Waals surface area contributed by atoms with Crippen LogP contribution in [0.5, 0.6) is 11.5 Å². The maximum atomic E-state index is 11.3. The smallest absolute Gasteiger partial charge is 0.346 e. The fourth-order valence-electron chi connectivity index (χ4n) is 4.65. The van der Waals surface area contributed by atoms with Gasteiger partial charge in [-0.3, -0.25) is 0 Å². The summed E-state index contributed by atoms with van der Waals surface area (Å²) in [5.74, 6) is 0.500. The van der Waals surface area contributed by atoms with E-state index in [0.717, 1.165) is 68.6 Å². The van der Waals surface area contributed by atoms with Crippen molar-refractivity contribution in [2.24, 2.45) is 0 Å². The van der Waals surface area contributed by atoms with E-state index in [1.165, 1.54) is 55.9 Å². The number of carbonyl (C=O) groups is 1. The summed E-state index contributed by atoms with van der Waals surface area (Å²) in [7, 11) is 0. The number of aliphatic carboxylic acids is 1. The van der Waals surface area contributed by atoms with E-state index in [1.807, 2.05) is 36.4 Å². The number of rotatable bonds is 18. The first-order valence-electron chi connectivity index (χ1n) is 15.3. The first kappa shape index (κ1) is 32.8. The first-order chi connectivity index (χ1) is 21.5. The van der Waals surface area contributed by atoms with Crippen LogP contribution in [0.2, 0.25) is 0 Å². The monoisotopic (exact) mass is 628 g/mol. The quantitative estimate of drug-likeness (QED) is 0.0670. The summed E-state index contributed by atoms with van der Waals surface area (Å²) in [4.78, 5) is 16.3. The van der Waals surface area contributed by atoms with Crippen LogP contribution in [0.1, 0.15) is 70.1 Å². The molecule has 44 heavy (non-hydrogen) atoms. The lowest BCUT2D eigenvalue weighted by atomic mass is 10.2. The molecule has 0 amide bonds. The molecule has 230 valence electrons. The minimum absolute atomic E-state index is 0.279. The number of unbranched alkanes of at least 4 members (excludes halogenated alkanes) is 6. The average molecular weight is 629 g/mol. The minimum Gasteiger partial charge on any atom is -0.494 e. The zero-order valence-electron chi connectivity index (χ0n) is 25.5. The Morgan fingerprint density at radius 3 is 1.77 bits per heavy atom. The third kappa shape index (κ3) is 9.47. The van der Waals surface area contributed by atoms with Gasteiger partial charge in [0, 0.05) is 26.0 Å². The van der Waals surface area contributed by atoms with Gasteiger partial charge in [-0.05, 0) is 91.7 Å². The van der Waals surface area contributed by atoms with Crippen molar-refractivity contribution < 1.29 is 19.4 Å². The Morgan fingerprint density at radius 2 is 1.27 bits per heavy atom. The number of nitriles is 1. The molecule has 0 atom stereocenters. The Bertz CT molecular complexity index is 1470. The van der Waals surface area contributed by atoms with Crippen molar-refractivity contribution >= 4 is 51.1 Å². The second-order valence-electron chi connectivity index (χ2n) is 10.5. The number of thiophene rings is 2. The molecule has 6 nitrogen and oxygen atoms in total. The van der Waals surface area contributed by atoms with Crippen molar-refractivity contribution in [3.63, 3.8) is 0 Å². The highest BCUT2D eigenvalue weighted by Crippen LogP contribution is 2.44. The molecule has 4 aromatic rings. The van der Waals surface area contributed by atoms with Crippen LogP contribution in [0, 0.1) is 11.3 Å². The molecule has 0 radical (unpaired) electrons. The van der Waals surface area contributed by atoms with E-state index in [9.17, 15) is 9.90 Å². The molecule has 8 heteroatoms. The molecule has 0 fully saturated rings. The zero-order valence-corrected chi connectivity index (χ0v) is 27.1. The third-order valence-electron chi connectivity index (χ3n) is 7.04. The van der Waals surface area contributed by atoms with Gasteiger partial charge in [0.05, 0.1) is 13.2 Å². The summed E-state index contributed by atoms with van der Waals surface area (Å²) >= 11 is 3.11. The van der Waals surface area contributed by atoms with Gasteiger partial charge in [-0.1, -0.05) is 52.4 Å². The van der Waals surface area contributed by atoms with Gasteiger partial charge < -0.3 is 19.5 Å². The maximum absolute atomic E-state index is 11.3. The van der Waals surface area contributed by atoms with Gasteiger partial charge in [-0.15, -0.1) is 22.7 Å². The Labute approximate surface area is 268 Å². The standard InChI is InChI=1S/C36H40N2O4S2/c1-3-5-7-9-23-41-30-15-11-28(12-16-30)38(29-13-17-31(18-14-29)42-24-10-8-6-4-2)35-22-21-34(44-35)33-20-19-32(43-33)25-27(26-37)36(39)40/h11-22,25H,3-10,23-24H2,1-2H3,(H,39,40)/b27-25-. The van der Waals surface area contributed by atoms with E-state index in [4.69, 9.17) is 14.7 Å². The minimum atomic E-state index is -1.22. The van der Waals surface area contributed by atoms with Crippen LogP contribution >= 0.6 is 22.7 Å². The van der Waals surface area contributed by atoms with E-state index in [1.54, 1.807) is 17.4 Å². The largest absolute Gasteiger partial charge is 0.494 e. The summed E-state index contributed by atoms with van der Waals surface area (Å²) in [6, 6.07) is 26.2. The number of hydrogen-bond acceptors (Lipinski definition) is 7. The van der Waals surface area contributed by atoms with Crippen LogP contribution in [0.4, 0.5) is 16.4 Å². The van der Waals surface area contributed by atoms with Gasteiger partial charge in [0.2, 0.25) is 0 Å². The lowest BCUT2D eigenvalue weighted by Crippen LogP contribution is -2.08. The van der Waals surface area contributed by atoms with Gasteiger partial charge in [-0.25, -0.2) is 4.79 Å². The van der Waals surface area contributed by atoms with Crippen molar-refractivity contribution in [2.75, 3.05) is 18.1 Å². The highest BCUT2D eigenvalue weighted by molar-refractivity contribution is 7.24. The lowest BCUT2D eigenvalue weighted by Gasteiger charge is -2.24. The number of carboxylic acids is 1. The predicted molar refractivity (Wildman–Crippen MR) is 183 cm³/mol. The molecule has 2 heterocycles. The Hall–Kier alpha value is -4.06. The van der Waals surface area contributed by atoms with Gasteiger partial charge >= 0.3 is 5.97 Å². The summed E-state index contributed by atoms with van der Waals surface area (Å²) in [6.45, 7) is 5.86. The van der Waals surface area contributed by atoms with Crippen molar-refractivity contribution in [3.05, 3.63) is 83.2 Å². The van der Waals surface area contributed by atoms with Gasteiger partial charge in [0.15, 0.2) is 0 Å². The second-order valence-corrected chi connectivity index (χ2v) is 12.6. The molecule has 0 saturated heterocycles. The van der Waals surface area contributed by atoms with E-state index >= 15 is 0 Å². The van der Waals surface area contributed by atoms with Crippen LogP contribution in [0.15, 0.2) is 78.4 Å². The van der Waals surface area contributed by atoms with Crippen LogP contribution in [-0.2, 0) is 4.79 Å². The van der Waals surface area contributed by atoms with E-state index in [2.05, 4.69) is 55.1 Å². The van der Waals surface area contributed by atoms with Gasteiger partial charge in [0.1, 0.15) is 28.1 Å². The van der Waals surface area contributed by atoms with Crippen LogP contribution in [-0.4, -0.2) is 24.3 Å². The zero-order chi connectivity index (χ0) is 31.1. The van der Waals surface area contributed by atoms with Crippen molar-refractivity contribution in [1.29, 1.82) is 5.26 Å². The molecule has 4 rings (SSSR count). The Morgan fingerprint density at radius 1 is 0.750 bits per heavy atom. The van der Waals surface area contributed by atoms with E-state index < -0.39 is 5.97 Å². The first-order valence-corrected chi connectivity index (χ1v) is 17.0. The molecular formula is C36H40N2O4S2. The average Bonchev–Trinajstić information content (AvgIpc) is 3.71. The molecular weight excluding hydrogens is 589 g/mol. The molecule has 2 aromatic heterocycles. The number of hydrogen-bond donors (Lipinski definition) is 1. The third-order valence-corrected chi connectivity index (χ3v) is 9.34. The number of carboxylic acid groups (broad SMARTS) is 1. The SMILES string of the molecule is CCCCCCOc1ccc(N(c2ccc(OCCCCCC)cc2)c2ccc(-c3ccc(/C=C(/C#N)C(=O)O)s3)s2)cc1. The number of nitrogens with zero attached hydrogens (tertiary/aromatic N) is 2. The van der Waals surface area contributed by atoms with Crippen LogP contribution < -0.4 is 14.4 Å². The maximum Gasteiger partial charge on any atom is 0.346 e. The molecule has 0 aliphatic heterocycles. The summed E-state index contributed by atoms with van der Waals surface area (Å²) in [5, 5.41) is 19.4. The number of anilines is 3. The predicted octanol–water partition coefficient (Wildman–Crippen LogP) is 10.9. The number of benzene rings is 2. The van der Waals surface area contributed by atoms with Crippen LogP contribution in [0.3, 0.4) is 0 Å². The Kier molecular flexibility index (Phi) is 12.9.